The molecule has 1 amide bonds. The van der Waals surface area contributed by atoms with Gasteiger partial charge in [0, 0.05) is 17.7 Å². The lowest BCUT2D eigenvalue weighted by Gasteiger charge is -2.23. The zero-order valence-electron chi connectivity index (χ0n) is 14.5. The van der Waals surface area contributed by atoms with Gasteiger partial charge in [0.05, 0.1) is 22.5 Å². The molecule has 0 spiro atoms. The van der Waals surface area contributed by atoms with Gasteiger partial charge in [-0.1, -0.05) is 24.3 Å². The van der Waals surface area contributed by atoms with Crippen LogP contribution in [0.3, 0.4) is 0 Å². The van der Waals surface area contributed by atoms with E-state index >= 15 is 0 Å². The third-order valence-electron chi connectivity index (χ3n) is 4.96. The second-order valence-electron chi connectivity index (χ2n) is 6.62. The van der Waals surface area contributed by atoms with Crippen LogP contribution in [0.4, 0.5) is 0 Å². The van der Waals surface area contributed by atoms with Crippen molar-refractivity contribution in [2.45, 2.75) is 18.9 Å². The summed E-state index contributed by atoms with van der Waals surface area (Å²) >= 11 is 1.69. The van der Waals surface area contributed by atoms with Crippen LogP contribution in [-0.2, 0) is 0 Å². The van der Waals surface area contributed by atoms with Crippen molar-refractivity contribution in [3.63, 3.8) is 0 Å². The molecule has 0 saturated carbocycles. The molecule has 1 saturated heterocycles. The lowest BCUT2D eigenvalue weighted by Crippen LogP contribution is -2.30. The number of para-hydroxylation sites is 1. The lowest BCUT2D eigenvalue weighted by molar-refractivity contribution is 0.0735. The molecule has 1 unspecified atom stereocenters. The second kappa shape index (κ2) is 6.63. The maximum atomic E-state index is 13.1. The quantitative estimate of drug-likeness (QED) is 0.509. The molecule has 3 heterocycles. The third-order valence-corrected chi connectivity index (χ3v) is 6.10. The fourth-order valence-corrected chi connectivity index (χ4v) is 4.72. The van der Waals surface area contributed by atoms with Crippen LogP contribution in [-0.4, -0.2) is 27.3 Å². The Morgan fingerprint density at radius 1 is 1.15 bits per heavy atom. The van der Waals surface area contributed by atoms with E-state index in [2.05, 4.69) is 11.1 Å². The molecule has 2 aromatic heterocycles. The van der Waals surface area contributed by atoms with Gasteiger partial charge in [0.2, 0.25) is 0 Å². The van der Waals surface area contributed by atoms with Crippen molar-refractivity contribution in [2.75, 3.05) is 6.54 Å². The van der Waals surface area contributed by atoms with Gasteiger partial charge in [0.25, 0.3) is 5.91 Å². The van der Waals surface area contributed by atoms with Crippen molar-refractivity contribution in [3.05, 3.63) is 71.7 Å². The number of hydrogen-bond donors (Lipinski definition) is 0. The Labute approximate surface area is 160 Å². The van der Waals surface area contributed by atoms with Gasteiger partial charge in [-0.25, -0.2) is 9.97 Å². The minimum absolute atomic E-state index is 0.0564. The van der Waals surface area contributed by atoms with Crippen LogP contribution in [0, 0.1) is 0 Å². The highest BCUT2D eigenvalue weighted by Crippen LogP contribution is 2.37. The Morgan fingerprint density at radius 2 is 2.00 bits per heavy atom. The van der Waals surface area contributed by atoms with Crippen molar-refractivity contribution in [1.82, 2.24) is 14.9 Å². The van der Waals surface area contributed by atoms with E-state index < -0.39 is 0 Å². The number of fused-ring (bicyclic) bond motifs is 1. The summed E-state index contributed by atoms with van der Waals surface area (Å²) in [6, 6.07) is 15.7. The number of carbonyl (C=O) groups excluding carboxylic acids is 1. The topological polar surface area (TPSA) is 59.2 Å². The Bertz CT molecular complexity index is 1050. The van der Waals surface area contributed by atoms with Gasteiger partial charge < -0.3 is 9.32 Å². The number of amides is 1. The fraction of sp³-hybridized carbons (Fsp3) is 0.190. The Kier molecular flexibility index (Phi) is 3.98. The molecular weight excluding hydrogens is 358 g/mol. The standard InChI is InChI=1S/C21H17N3O2S/c25-21(15-9-7-14(8-10-15)18-12-22-13-26-18)24-11-3-5-17(24)20-23-16-4-1-2-6-19(16)27-20/h1-2,4,6-10,12-13,17H,3,5,11H2. The number of benzene rings is 2. The first-order valence-corrected chi connectivity index (χ1v) is 9.76. The van der Waals surface area contributed by atoms with E-state index in [1.54, 1.807) is 17.5 Å². The van der Waals surface area contributed by atoms with Crippen LogP contribution in [0.15, 0.2) is 65.5 Å². The fourth-order valence-electron chi connectivity index (χ4n) is 3.60. The van der Waals surface area contributed by atoms with Crippen LogP contribution < -0.4 is 0 Å². The Balaban J connectivity index is 1.41. The van der Waals surface area contributed by atoms with E-state index in [4.69, 9.17) is 9.40 Å². The monoisotopic (exact) mass is 375 g/mol. The molecule has 27 heavy (non-hydrogen) atoms. The summed E-state index contributed by atoms with van der Waals surface area (Å²) in [7, 11) is 0. The van der Waals surface area contributed by atoms with E-state index in [0.717, 1.165) is 35.5 Å². The van der Waals surface area contributed by atoms with Crippen LogP contribution in [0.2, 0.25) is 0 Å². The zero-order valence-corrected chi connectivity index (χ0v) is 15.4. The van der Waals surface area contributed by atoms with E-state index in [1.165, 1.54) is 11.1 Å². The number of thiazole rings is 1. The average molecular weight is 375 g/mol. The first-order valence-electron chi connectivity index (χ1n) is 8.95. The molecule has 0 aliphatic carbocycles. The predicted molar refractivity (Wildman–Crippen MR) is 105 cm³/mol. The zero-order chi connectivity index (χ0) is 18.2. The molecule has 2 aromatic carbocycles. The molecule has 0 bridgehead atoms. The highest BCUT2D eigenvalue weighted by molar-refractivity contribution is 7.18. The molecule has 1 fully saturated rings. The largest absolute Gasteiger partial charge is 0.444 e. The molecule has 0 radical (unpaired) electrons. The van der Waals surface area contributed by atoms with Crippen molar-refractivity contribution >= 4 is 27.5 Å². The molecular formula is C21H17N3O2S. The molecule has 5 nitrogen and oxygen atoms in total. The van der Waals surface area contributed by atoms with Crippen molar-refractivity contribution in [3.8, 4) is 11.3 Å². The van der Waals surface area contributed by atoms with E-state index in [9.17, 15) is 4.79 Å². The smallest absolute Gasteiger partial charge is 0.254 e. The Morgan fingerprint density at radius 3 is 2.78 bits per heavy atom. The molecule has 5 rings (SSSR count). The molecule has 1 aliphatic heterocycles. The van der Waals surface area contributed by atoms with Crippen LogP contribution in [0.1, 0.15) is 34.2 Å². The highest BCUT2D eigenvalue weighted by Gasteiger charge is 2.32. The van der Waals surface area contributed by atoms with Gasteiger partial charge in [0.15, 0.2) is 12.2 Å². The van der Waals surface area contributed by atoms with Gasteiger partial charge in [-0.15, -0.1) is 11.3 Å². The first kappa shape index (κ1) is 16.2. The summed E-state index contributed by atoms with van der Waals surface area (Å²) in [5, 5.41) is 1.03. The third kappa shape index (κ3) is 2.92. The molecule has 1 atom stereocenters. The normalized spacial score (nSPS) is 16.9. The van der Waals surface area contributed by atoms with E-state index in [0.29, 0.717) is 11.3 Å². The van der Waals surface area contributed by atoms with E-state index in [-0.39, 0.29) is 11.9 Å². The van der Waals surface area contributed by atoms with Gasteiger partial charge in [-0.2, -0.15) is 0 Å². The summed E-state index contributed by atoms with van der Waals surface area (Å²) in [6.45, 7) is 0.767. The lowest BCUT2D eigenvalue weighted by atomic mass is 10.1. The Hall–Kier alpha value is -2.99. The van der Waals surface area contributed by atoms with E-state index in [1.807, 2.05) is 47.4 Å². The second-order valence-corrected chi connectivity index (χ2v) is 7.68. The van der Waals surface area contributed by atoms with Crippen LogP contribution in [0.25, 0.3) is 21.5 Å². The minimum atomic E-state index is 0.0564. The van der Waals surface area contributed by atoms with Gasteiger partial charge in [-0.3, -0.25) is 4.79 Å². The summed E-state index contributed by atoms with van der Waals surface area (Å²) in [6.07, 6.45) is 5.03. The number of nitrogens with zero attached hydrogens (tertiary/aromatic N) is 3. The predicted octanol–water partition coefficient (Wildman–Crippen LogP) is 4.93. The molecule has 1 aliphatic rings. The minimum Gasteiger partial charge on any atom is -0.444 e. The SMILES string of the molecule is O=C(c1ccc(-c2cnco2)cc1)N1CCCC1c1nc2ccccc2s1. The number of rotatable bonds is 3. The van der Waals surface area contributed by atoms with Gasteiger partial charge in [0.1, 0.15) is 5.01 Å². The summed E-state index contributed by atoms with van der Waals surface area (Å²) in [4.78, 5) is 23.8. The van der Waals surface area contributed by atoms with Gasteiger partial charge in [-0.05, 0) is 37.1 Å². The summed E-state index contributed by atoms with van der Waals surface area (Å²) in [5.41, 5.74) is 2.60. The molecule has 134 valence electrons. The average Bonchev–Trinajstić information content (AvgIpc) is 3.47. The van der Waals surface area contributed by atoms with Crippen LogP contribution >= 0.6 is 11.3 Å². The maximum absolute atomic E-state index is 13.1. The molecule has 0 N–H and O–H groups in total. The number of likely N-dealkylation sites (tertiary alicyclic amines) is 1. The number of aromatic nitrogens is 2. The number of hydrogen-bond acceptors (Lipinski definition) is 5. The first-order chi connectivity index (χ1) is 13.3. The van der Waals surface area contributed by atoms with Crippen molar-refractivity contribution < 1.29 is 9.21 Å². The van der Waals surface area contributed by atoms with Crippen molar-refractivity contribution in [2.24, 2.45) is 0 Å². The van der Waals surface area contributed by atoms with Crippen molar-refractivity contribution in [1.29, 1.82) is 0 Å². The van der Waals surface area contributed by atoms with Crippen LogP contribution in [0.5, 0.6) is 0 Å². The number of carbonyl (C=O) groups is 1. The summed E-state index contributed by atoms with van der Waals surface area (Å²) in [5.74, 6) is 0.753. The number of oxazole rings is 1. The maximum Gasteiger partial charge on any atom is 0.254 e. The molecule has 4 aromatic rings. The molecule has 6 heteroatoms. The summed E-state index contributed by atoms with van der Waals surface area (Å²) < 4.78 is 6.48. The highest BCUT2D eigenvalue weighted by atomic mass is 32.1. The van der Waals surface area contributed by atoms with Gasteiger partial charge >= 0.3 is 0 Å².